The molecule has 3 atom stereocenters. The maximum atomic E-state index is 12.2. The number of amides is 1. The molecule has 0 aromatic carbocycles. The van der Waals surface area contributed by atoms with Gasteiger partial charge in [-0.3, -0.25) is 14.4 Å². The summed E-state index contributed by atoms with van der Waals surface area (Å²) in [6.07, 6.45) is 21.4. The van der Waals surface area contributed by atoms with Crippen LogP contribution in [0.3, 0.4) is 0 Å². The summed E-state index contributed by atoms with van der Waals surface area (Å²) in [4.78, 5) is 34.7. The van der Waals surface area contributed by atoms with Gasteiger partial charge in [-0.1, -0.05) is 104 Å². The summed E-state index contributed by atoms with van der Waals surface area (Å²) in [7, 11) is 0. The van der Waals surface area contributed by atoms with Gasteiger partial charge >= 0.3 is 11.9 Å². The van der Waals surface area contributed by atoms with E-state index in [4.69, 9.17) is 15.2 Å². The first-order valence-electron chi connectivity index (χ1n) is 14.2. The van der Waals surface area contributed by atoms with Crippen molar-refractivity contribution in [3.63, 3.8) is 0 Å². The first-order valence-corrected chi connectivity index (χ1v) is 15.4. The molecule has 0 aromatic rings. The minimum atomic E-state index is -0.440. The Hall–Kier alpha value is -1.24. The number of carbonyl (C=O) groups excluding carboxylic acids is 3. The lowest BCUT2D eigenvalue weighted by Crippen LogP contribution is -2.46. The maximum Gasteiger partial charge on any atom is 0.316 e. The fourth-order valence-electron chi connectivity index (χ4n) is 4.72. The molecule has 0 aromatic heterocycles. The molecule has 204 valence electrons. The van der Waals surface area contributed by atoms with Crippen LogP contribution in [-0.4, -0.2) is 41.6 Å². The van der Waals surface area contributed by atoms with E-state index in [1.165, 1.54) is 95.2 Å². The number of nitrogens with two attached hydrogens (primary N) is 1. The lowest BCUT2D eigenvalue weighted by molar-refractivity contribution is -0.189. The monoisotopic (exact) mass is 513 g/mol. The van der Waals surface area contributed by atoms with Crippen molar-refractivity contribution in [2.45, 2.75) is 142 Å². The number of ether oxygens (including phenoxy) is 2. The largest absolute Gasteiger partial charge is 0.462 e. The maximum absolute atomic E-state index is 12.2. The number of unbranched alkanes of at least 4 members (excludes halogenated alkanes) is 14. The molecule has 1 saturated heterocycles. The first-order chi connectivity index (χ1) is 17.0. The Kier molecular flexibility index (Phi) is 19.0. The fourth-order valence-corrected chi connectivity index (χ4v) is 5.26. The number of hydrogen-bond donors (Lipinski definition) is 1. The zero-order valence-corrected chi connectivity index (χ0v) is 23.2. The van der Waals surface area contributed by atoms with Gasteiger partial charge in [-0.2, -0.15) is 0 Å². The molecule has 1 heterocycles. The Morgan fingerprint density at radius 1 is 0.857 bits per heavy atom. The zero-order chi connectivity index (χ0) is 25.7. The summed E-state index contributed by atoms with van der Waals surface area (Å²) >= 11 is 1.17. The molecule has 1 aliphatic heterocycles. The molecule has 35 heavy (non-hydrogen) atoms. The minimum Gasteiger partial charge on any atom is -0.462 e. The van der Waals surface area contributed by atoms with E-state index in [9.17, 15) is 14.4 Å². The van der Waals surface area contributed by atoms with E-state index in [-0.39, 0.29) is 41.6 Å². The van der Waals surface area contributed by atoms with Crippen molar-refractivity contribution in [1.29, 1.82) is 0 Å². The van der Waals surface area contributed by atoms with Gasteiger partial charge in [0.15, 0.2) is 0 Å². The Morgan fingerprint density at radius 2 is 1.37 bits per heavy atom. The van der Waals surface area contributed by atoms with Crippen LogP contribution in [0, 0.1) is 5.92 Å². The molecule has 0 radical (unpaired) electrons. The van der Waals surface area contributed by atoms with Crippen LogP contribution >= 0.6 is 11.8 Å². The number of primary amides is 1. The number of carbonyl (C=O) groups is 3. The van der Waals surface area contributed by atoms with Gasteiger partial charge in [0, 0.05) is 6.42 Å². The van der Waals surface area contributed by atoms with Crippen molar-refractivity contribution in [2.24, 2.45) is 11.7 Å². The molecule has 6 nitrogen and oxygen atoms in total. The average Bonchev–Trinajstić information content (AvgIpc) is 2.81. The van der Waals surface area contributed by atoms with Crippen LogP contribution < -0.4 is 5.73 Å². The van der Waals surface area contributed by atoms with Crippen molar-refractivity contribution >= 4 is 29.6 Å². The van der Waals surface area contributed by atoms with E-state index in [1.807, 2.05) is 6.92 Å². The van der Waals surface area contributed by atoms with Gasteiger partial charge in [-0.05, 0) is 19.3 Å². The number of hydrogen-bond acceptors (Lipinski definition) is 6. The van der Waals surface area contributed by atoms with Gasteiger partial charge in [-0.15, -0.1) is 11.8 Å². The van der Waals surface area contributed by atoms with Crippen LogP contribution in [0.25, 0.3) is 0 Å². The van der Waals surface area contributed by atoms with Crippen molar-refractivity contribution in [1.82, 2.24) is 0 Å². The van der Waals surface area contributed by atoms with Gasteiger partial charge in [0.05, 0.1) is 17.4 Å². The van der Waals surface area contributed by atoms with Gasteiger partial charge in [-0.25, -0.2) is 0 Å². The third kappa shape index (κ3) is 16.2. The van der Waals surface area contributed by atoms with E-state index in [0.717, 1.165) is 25.7 Å². The minimum absolute atomic E-state index is 0.0819. The molecule has 1 fully saturated rings. The highest BCUT2D eigenvalue weighted by Crippen LogP contribution is 2.31. The summed E-state index contributed by atoms with van der Waals surface area (Å²) in [6.45, 7) is 4.25. The third-order valence-electron chi connectivity index (χ3n) is 6.85. The standard InChI is InChI=1S/C28H51NO5S/c1-3-5-6-7-8-9-10-11-12-13-14-15-16-17-18-19-23(20-25-24(4-2)28(32)34-25)33-27(31)22-35-21-26(29)30/h23-25H,3-22H2,1-2H3,(H2,29,30)/t23-,24-,25-/m0/s1. The molecule has 1 amide bonds. The summed E-state index contributed by atoms with van der Waals surface area (Å²) in [5.41, 5.74) is 5.12. The number of esters is 2. The van der Waals surface area contributed by atoms with Crippen LogP contribution in [-0.2, 0) is 23.9 Å². The summed E-state index contributed by atoms with van der Waals surface area (Å²) in [6, 6.07) is 0. The molecule has 0 aliphatic carbocycles. The fraction of sp³-hybridized carbons (Fsp3) is 0.893. The van der Waals surface area contributed by atoms with Crippen molar-refractivity contribution in [2.75, 3.05) is 11.5 Å². The Bertz CT molecular complexity index is 586. The number of rotatable bonds is 24. The molecule has 0 unspecified atom stereocenters. The molecule has 2 N–H and O–H groups in total. The highest BCUT2D eigenvalue weighted by molar-refractivity contribution is 8.00. The normalized spacial score (nSPS) is 18.1. The van der Waals surface area contributed by atoms with E-state index >= 15 is 0 Å². The Balaban J connectivity index is 2.13. The van der Waals surface area contributed by atoms with Crippen LogP contribution in [0.4, 0.5) is 0 Å². The van der Waals surface area contributed by atoms with Crippen molar-refractivity contribution in [3.8, 4) is 0 Å². The van der Waals surface area contributed by atoms with Gasteiger partial charge in [0.25, 0.3) is 0 Å². The topological polar surface area (TPSA) is 95.7 Å². The summed E-state index contributed by atoms with van der Waals surface area (Å²) < 4.78 is 11.0. The zero-order valence-electron chi connectivity index (χ0n) is 22.4. The van der Waals surface area contributed by atoms with Gasteiger partial charge in [0.2, 0.25) is 5.91 Å². The number of thioether (sulfide) groups is 1. The average molecular weight is 514 g/mol. The smallest absolute Gasteiger partial charge is 0.316 e. The second-order valence-electron chi connectivity index (χ2n) is 10.0. The second kappa shape index (κ2) is 20.9. The second-order valence-corrected chi connectivity index (χ2v) is 11.0. The third-order valence-corrected chi connectivity index (χ3v) is 7.77. The summed E-state index contributed by atoms with van der Waals surface area (Å²) in [5.74, 6) is -0.782. The van der Waals surface area contributed by atoms with Crippen LogP contribution in [0.2, 0.25) is 0 Å². The van der Waals surface area contributed by atoms with E-state index < -0.39 is 5.91 Å². The summed E-state index contributed by atoms with van der Waals surface area (Å²) in [5, 5.41) is 0. The van der Waals surface area contributed by atoms with E-state index in [1.54, 1.807) is 0 Å². The van der Waals surface area contributed by atoms with E-state index in [0.29, 0.717) is 6.42 Å². The highest BCUT2D eigenvalue weighted by Gasteiger charge is 2.42. The highest BCUT2D eigenvalue weighted by atomic mass is 32.2. The lowest BCUT2D eigenvalue weighted by Gasteiger charge is -2.36. The van der Waals surface area contributed by atoms with Gasteiger partial charge < -0.3 is 15.2 Å². The van der Waals surface area contributed by atoms with Crippen molar-refractivity contribution in [3.05, 3.63) is 0 Å². The molecule has 7 heteroatoms. The molecular weight excluding hydrogens is 462 g/mol. The molecule has 0 bridgehead atoms. The molecule has 0 spiro atoms. The first kappa shape index (κ1) is 31.8. The lowest BCUT2D eigenvalue weighted by atomic mass is 9.89. The quantitative estimate of drug-likeness (QED) is 0.114. The van der Waals surface area contributed by atoms with E-state index in [2.05, 4.69) is 6.92 Å². The molecule has 1 rings (SSSR count). The van der Waals surface area contributed by atoms with Crippen LogP contribution in [0.5, 0.6) is 0 Å². The SMILES string of the molecule is CCCCCCCCCCCCCCCCC[C@@H](C[C@@H]1OC(=O)[C@H]1CC)OC(=O)CSCC(N)=O. The Labute approximate surface area is 218 Å². The predicted molar refractivity (Wildman–Crippen MR) is 144 cm³/mol. The van der Waals surface area contributed by atoms with Crippen molar-refractivity contribution < 1.29 is 23.9 Å². The van der Waals surface area contributed by atoms with Crippen LogP contribution in [0.15, 0.2) is 0 Å². The Morgan fingerprint density at radius 3 is 1.83 bits per heavy atom. The molecule has 1 aliphatic rings. The molecular formula is C28H51NO5S. The van der Waals surface area contributed by atoms with Gasteiger partial charge in [0.1, 0.15) is 12.2 Å². The molecule has 0 saturated carbocycles. The number of cyclic esters (lactones) is 1. The van der Waals surface area contributed by atoms with Crippen LogP contribution in [0.1, 0.15) is 129 Å². The predicted octanol–water partition coefficient (Wildman–Crippen LogP) is 6.72.